The van der Waals surface area contributed by atoms with Gasteiger partial charge in [-0.05, 0) is 129 Å². The van der Waals surface area contributed by atoms with Gasteiger partial charge < -0.3 is 14.2 Å². The summed E-state index contributed by atoms with van der Waals surface area (Å²) in [6, 6.07) is 27.5. The van der Waals surface area contributed by atoms with E-state index in [1.807, 2.05) is 95.1 Å². The monoisotopic (exact) mass is 1170 g/mol. The Bertz CT molecular complexity index is 4390. The minimum Gasteiger partial charge on any atom is -0.337 e. The Morgan fingerprint density at radius 2 is 1.39 bits per heavy atom. The molecule has 2 aliphatic heterocycles. The minimum absolute atomic E-state index is 0.000527. The average Bonchev–Trinajstić information content (AvgIpc) is 1.73. The molecule has 1 fully saturated rings. The number of benzene rings is 2. The third kappa shape index (κ3) is 11.0. The number of amides is 2. The fraction of sp³-hybridized carbons (Fsp3) is 0.324. The fourth-order valence-electron chi connectivity index (χ4n) is 12.7. The van der Waals surface area contributed by atoms with Gasteiger partial charge in [-0.3, -0.25) is 28.9 Å². The second-order valence-electron chi connectivity index (χ2n) is 24.9. The van der Waals surface area contributed by atoms with Crippen molar-refractivity contribution < 1.29 is 22.8 Å². The first kappa shape index (κ1) is 56.6. The number of fused-ring (bicyclic) bond motifs is 3. The van der Waals surface area contributed by atoms with Crippen LogP contribution in [0.3, 0.4) is 0 Å². The molecule has 440 valence electrons. The molecular weight excluding hydrogens is 1100 g/mol. The molecule has 10 heterocycles. The lowest BCUT2D eigenvalue weighted by Crippen LogP contribution is -2.27. The van der Waals surface area contributed by atoms with E-state index in [0.717, 1.165) is 80.9 Å². The molecule has 19 heteroatoms. The van der Waals surface area contributed by atoms with Gasteiger partial charge in [-0.1, -0.05) is 52.0 Å². The number of hydrogen-bond donors (Lipinski definition) is 0. The molecule has 8 aromatic heterocycles. The van der Waals surface area contributed by atoms with Crippen LogP contribution in [0.25, 0.3) is 72.8 Å². The van der Waals surface area contributed by atoms with Gasteiger partial charge in [0.15, 0.2) is 0 Å². The lowest BCUT2D eigenvalue weighted by atomic mass is 9.90. The SMILES string of the molecule is Cc1ccc(-c2cnn(CC(C)Cc3cc(-c4nc(C#N)ccc4-c4cnn(CC(C)(C)C(F)F)c4)cc4c3CN(C)C4=O)c2)c(-c2ccc3c(c2)C(=O)N(C2CC2CC(C)CCn2ncc(-c4ccc(C)nc4-c4ccn5ccnc5c4)c2F)C3)n1. The third-order valence-electron chi connectivity index (χ3n) is 17.6. The number of aryl methyl sites for hydroxylation is 3. The number of hydrogen-bond acceptors (Lipinski definition) is 10. The highest BCUT2D eigenvalue weighted by Crippen LogP contribution is 2.46. The molecule has 0 saturated heterocycles. The van der Waals surface area contributed by atoms with Crippen molar-refractivity contribution in [2.75, 3.05) is 7.05 Å². The van der Waals surface area contributed by atoms with Crippen LogP contribution in [0.5, 0.6) is 0 Å². The number of halogens is 3. The maximum Gasteiger partial charge on any atom is 0.254 e. The number of nitriles is 1. The molecule has 1 aliphatic carbocycles. The molecular formula is C68H65F3N14O2. The van der Waals surface area contributed by atoms with E-state index >= 15 is 4.39 Å². The summed E-state index contributed by atoms with van der Waals surface area (Å²) >= 11 is 0. The summed E-state index contributed by atoms with van der Waals surface area (Å²) < 4.78 is 50.7. The highest BCUT2D eigenvalue weighted by atomic mass is 19.3. The molecule has 0 spiro atoms. The summed E-state index contributed by atoms with van der Waals surface area (Å²) in [5.74, 6) is 0.228. The summed E-state index contributed by atoms with van der Waals surface area (Å²) in [5, 5.41) is 23.7. The Balaban J connectivity index is 0.668. The van der Waals surface area contributed by atoms with Crippen molar-refractivity contribution in [1.82, 2.24) is 63.5 Å². The molecule has 2 aromatic carbocycles. The van der Waals surface area contributed by atoms with Crippen molar-refractivity contribution in [3.8, 4) is 73.2 Å². The fourth-order valence-corrected chi connectivity index (χ4v) is 12.7. The zero-order valence-corrected chi connectivity index (χ0v) is 49.6. The third-order valence-corrected chi connectivity index (χ3v) is 17.6. The van der Waals surface area contributed by atoms with Gasteiger partial charge in [-0.15, -0.1) is 0 Å². The van der Waals surface area contributed by atoms with E-state index in [-0.39, 0.29) is 47.9 Å². The van der Waals surface area contributed by atoms with Gasteiger partial charge in [0.1, 0.15) is 17.4 Å². The number of pyridine rings is 4. The maximum absolute atomic E-state index is 16.2. The van der Waals surface area contributed by atoms with Crippen LogP contribution in [0, 0.1) is 54.3 Å². The molecule has 2 amide bonds. The van der Waals surface area contributed by atoms with E-state index in [2.05, 4.69) is 59.4 Å². The van der Waals surface area contributed by atoms with Crippen molar-refractivity contribution in [3.63, 3.8) is 0 Å². The highest BCUT2D eigenvalue weighted by molar-refractivity contribution is 6.01. The highest BCUT2D eigenvalue weighted by Gasteiger charge is 2.47. The number of carbonyl (C=O) groups excluding carboxylic acids is 2. The topological polar surface area (TPSA) is 174 Å². The summed E-state index contributed by atoms with van der Waals surface area (Å²) in [7, 11) is 1.78. The van der Waals surface area contributed by atoms with E-state index in [4.69, 9.17) is 20.1 Å². The van der Waals surface area contributed by atoms with Crippen LogP contribution >= 0.6 is 0 Å². The van der Waals surface area contributed by atoms with Crippen molar-refractivity contribution in [1.29, 1.82) is 5.26 Å². The summed E-state index contributed by atoms with van der Waals surface area (Å²) in [4.78, 5) is 50.8. The van der Waals surface area contributed by atoms with Gasteiger partial charge in [0.05, 0.1) is 47.8 Å². The van der Waals surface area contributed by atoms with Gasteiger partial charge in [0.2, 0.25) is 12.4 Å². The van der Waals surface area contributed by atoms with Gasteiger partial charge in [-0.25, -0.2) is 23.4 Å². The molecule has 16 nitrogen and oxygen atoms in total. The molecule has 4 atom stereocenters. The normalized spacial score (nSPS) is 16.3. The zero-order chi connectivity index (χ0) is 60.6. The molecule has 3 aliphatic rings. The number of nitrogens with zero attached hydrogens (tertiary/aromatic N) is 14. The maximum atomic E-state index is 16.2. The number of alkyl halides is 2. The van der Waals surface area contributed by atoms with Gasteiger partial charge >= 0.3 is 0 Å². The Hall–Kier alpha value is -9.57. The van der Waals surface area contributed by atoms with Gasteiger partial charge in [-0.2, -0.15) is 24.9 Å². The standard InChI is InChI=1S/C68H65F3N14O2/c1-39(16-20-85-64(69)57(32-76-85)54-14-9-42(4)78-62(54)44-17-19-81-21-18-73-60(81)28-44)22-47-27-59(47)84-36-45-11-10-43(25-55(45)66(84)87)61-52(13-8-41(3)77-61)49-30-74-82(34-49)33-40(2)23-46-24-48(26-56-58(46)37-80(7)65(56)86)63-53(15-12-51(29-72)79-63)50-31-75-83(35-50)38-68(5,6)67(70)71/h8-15,17-19,21,24-26,28,30-32,34-35,39-40,47,59,67H,16,20,22-23,27,33,36-38H2,1-7H3. The summed E-state index contributed by atoms with van der Waals surface area (Å²) in [6.45, 7) is 13.2. The molecule has 87 heavy (non-hydrogen) atoms. The summed E-state index contributed by atoms with van der Waals surface area (Å²) in [6.07, 6.45) is 15.0. The Kier molecular flexibility index (Phi) is 14.5. The second kappa shape index (κ2) is 22.4. The lowest BCUT2D eigenvalue weighted by molar-refractivity contribution is 0.00607. The molecule has 10 aromatic rings. The van der Waals surface area contributed by atoms with Crippen molar-refractivity contribution in [2.45, 2.75) is 112 Å². The zero-order valence-electron chi connectivity index (χ0n) is 49.6. The van der Waals surface area contributed by atoms with Crippen molar-refractivity contribution in [3.05, 3.63) is 179 Å². The van der Waals surface area contributed by atoms with Crippen molar-refractivity contribution >= 4 is 17.5 Å². The predicted octanol–water partition coefficient (Wildman–Crippen LogP) is 13.0. The Morgan fingerprint density at radius 3 is 2.15 bits per heavy atom. The Labute approximate surface area is 502 Å². The number of carbonyl (C=O) groups is 2. The van der Waals surface area contributed by atoms with Crippen molar-refractivity contribution in [2.24, 2.45) is 23.2 Å². The van der Waals surface area contributed by atoms with Crippen LogP contribution in [0.2, 0.25) is 0 Å². The summed E-state index contributed by atoms with van der Waals surface area (Å²) in [5.41, 5.74) is 14.0. The van der Waals surface area contributed by atoms with Crippen LogP contribution in [-0.4, -0.2) is 94.8 Å². The number of aromatic nitrogens is 11. The second-order valence-corrected chi connectivity index (χ2v) is 24.9. The van der Waals surface area contributed by atoms with Crippen LogP contribution in [-0.2, 0) is 39.1 Å². The minimum atomic E-state index is -2.55. The van der Waals surface area contributed by atoms with E-state index in [1.54, 1.807) is 48.9 Å². The quantitative estimate of drug-likeness (QED) is 0.0758. The van der Waals surface area contributed by atoms with Gasteiger partial charge in [0, 0.05) is 143 Å². The molecule has 0 bridgehead atoms. The van der Waals surface area contributed by atoms with Crippen LogP contribution in [0.1, 0.15) is 101 Å². The lowest BCUT2D eigenvalue weighted by Gasteiger charge is -2.23. The van der Waals surface area contributed by atoms with E-state index in [1.165, 1.54) is 23.2 Å². The van der Waals surface area contributed by atoms with E-state index in [9.17, 15) is 23.6 Å². The Morgan fingerprint density at radius 1 is 0.701 bits per heavy atom. The van der Waals surface area contributed by atoms with Gasteiger partial charge in [0.25, 0.3) is 11.8 Å². The largest absolute Gasteiger partial charge is 0.337 e. The molecule has 4 unspecified atom stereocenters. The van der Waals surface area contributed by atoms with E-state index < -0.39 is 11.8 Å². The first-order chi connectivity index (χ1) is 41.9. The van der Waals surface area contributed by atoms with E-state index in [0.29, 0.717) is 88.8 Å². The predicted molar refractivity (Wildman–Crippen MR) is 324 cm³/mol. The molecule has 0 N–H and O–H groups in total. The molecule has 13 rings (SSSR count). The molecule has 0 radical (unpaired) electrons. The van der Waals surface area contributed by atoms with Crippen LogP contribution in [0.4, 0.5) is 13.2 Å². The molecule has 1 saturated carbocycles. The van der Waals surface area contributed by atoms with Crippen LogP contribution < -0.4 is 0 Å². The number of rotatable bonds is 19. The van der Waals surface area contributed by atoms with Crippen LogP contribution in [0.15, 0.2) is 128 Å². The smallest absolute Gasteiger partial charge is 0.254 e. The first-order valence-electron chi connectivity index (χ1n) is 29.6. The number of imidazole rings is 1. The first-order valence-corrected chi connectivity index (χ1v) is 29.6. The average molecular weight is 1170 g/mol.